The van der Waals surface area contributed by atoms with Gasteiger partial charge in [0, 0.05) is 37.3 Å². The molecule has 3 aromatic heterocycles. The first-order valence-electron chi connectivity index (χ1n) is 9.74. The molecule has 0 bridgehead atoms. The summed E-state index contributed by atoms with van der Waals surface area (Å²) in [7, 11) is 0. The molecule has 0 atom stereocenters. The number of carbonyl (C=O) groups excluding carboxylic acids is 1. The standard InChI is InChI=1S/C20H26N6OS/c1-13-16(14(2)23-22-13)5-6-20(27)21-15-7-9-26(10-8-15)19-12-17(24-25-19)18-4-3-11-28-18/h3-4,11-12,15H,5-10H2,1-2H3,(H,21,27)(H,22,23)(H,24,25). The van der Waals surface area contributed by atoms with E-state index in [1.165, 1.54) is 4.88 Å². The van der Waals surface area contributed by atoms with E-state index in [2.05, 4.69) is 48.1 Å². The number of hydrogen-bond donors (Lipinski definition) is 3. The summed E-state index contributed by atoms with van der Waals surface area (Å²) in [6, 6.07) is 6.49. The van der Waals surface area contributed by atoms with Crippen molar-refractivity contribution < 1.29 is 4.79 Å². The smallest absolute Gasteiger partial charge is 0.220 e. The summed E-state index contributed by atoms with van der Waals surface area (Å²) in [5.41, 5.74) is 4.26. The van der Waals surface area contributed by atoms with Gasteiger partial charge >= 0.3 is 0 Å². The van der Waals surface area contributed by atoms with Crippen LogP contribution in [0.2, 0.25) is 0 Å². The highest BCUT2D eigenvalue weighted by Gasteiger charge is 2.22. The van der Waals surface area contributed by atoms with E-state index < -0.39 is 0 Å². The Morgan fingerprint density at radius 3 is 2.79 bits per heavy atom. The monoisotopic (exact) mass is 398 g/mol. The summed E-state index contributed by atoms with van der Waals surface area (Å²) >= 11 is 1.71. The lowest BCUT2D eigenvalue weighted by atomic mass is 10.0. The highest BCUT2D eigenvalue weighted by Crippen LogP contribution is 2.27. The number of aromatic amines is 2. The summed E-state index contributed by atoms with van der Waals surface area (Å²) in [6.45, 7) is 5.78. The lowest BCUT2D eigenvalue weighted by Gasteiger charge is -2.32. The molecule has 1 aliphatic heterocycles. The lowest BCUT2D eigenvalue weighted by molar-refractivity contribution is -0.121. The van der Waals surface area contributed by atoms with Crippen molar-refractivity contribution in [1.82, 2.24) is 25.7 Å². The van der Waals surface area contributed by atoms with E-state index in [-0.39, 0.29) is 11.9 Å². The fourth-order valence-corrected chi connectivity index (χ4v) is 4.46. The quantitative estimate of drug-likeness (QED) is 0.595. The number of amides is 1. The average molecular weight is 399 g/mol. The SMILES string of the molecule is Cc1n[nH]c(C)c1CCC(=O)NC1CCN(c2cc(-c3cccs3)[nH]n2)CC1. The number of aryl methyl sites for hydroxylation is 2. The molecule has 0 spiro atoms. The molecular weight excluding hydrogens is 372 g/mol. The Kier molecular flexibility index (Phi) is 5.47. The molecule has 0 radical (unpaired) electrons. The van der Waals surface area contributed by atoms with Crippen LogP contribution in [-0.2, 0) is 11.2 Å². The van der Waals surface area contributed by atoms with Crippen LogP contribution in [-0.4, -0.2) is 45.4 Å². The second kappa shape index (κ2) is 8.18. The molecule has 1 saturated heterocycles. The van der Waals surface area contributed by atoms with E-state index in [9.17, 15) is 4.79 Å². The fourth-order valence-electron chi connectivity index (χ4n) is 3.76. The minimum atomic E-state index is 0.123. The zero-order chi connectivity index (χ0) is 19.5. The van der Waals surface area contributed by atoms with Gasteiger partial charge in [-0.05, 0) is 50.1 Å². The van der Waals surface area contributed by atoms with Crippen LogP contribution in [0.3, 0.4) is 0 Å². The Morgan fingerprint density at radius 1 is 1.29 bits per heavy atom. The first-order chi connectivity index (χ1) is 13.6. The van der Waals surface area contributed by atoms with Gasteiger partial charge in [-0.3, -0.25) is 15.0 Å². The van der Waals surface area contributed by atoms with Crippen molar-refractivity contribution in [3.8, 4) is 10.6 Å². The number of aromatic nitrogens is 4. The number of nitrogens with zero attached hydrogens (tertiary/aromatic N) is 3. The van der Waals surface area contributed by atoms with Gasteiger partial charge < -0.3 is 10.2 Å². The van der Waals surface area contributed by atoms with Crippen LogP contribution in [0.4, 0.5) is 5.82 Å². The van der Waals surface area contributed by atoms with E-state index >= 15 is 0 Å². The van der Waals surface area contributed by atoms with Crippen LogP contribution >= 0.6 is 11.3 Å². The summed E-state index contributed by atoms with van der Waals surface area (Å²) in [6.07, 6.45) is 3.12. The minimum Gasteiger partial charge on any atom is -0.355 e. The van der Waals surface area contributed by atoms with E-state index in [1.54, 1.807) is 11.3 Å². The van der Waals surface area contributed by atoms with E-state index in [1.807, 2.05) is 19.9 Å². The molecule has 148 valence electrons. The van der Waals surface area contributed by atoms with Gasteiger partial charge in [0.05, 0.1) is 16.3 Å². The zero-order valence-electron chi connectivity index (χ0n) is 16.3. The van der Waals surface area contributed by atoms with Crippen LogP contribution in [0, 0.1) is 13.8 Å². The normalized spacial score (nSPS) is 15.1. The number of nitrogens with one attached hydrogen (secondary N) is 3. The topological polar surface area (TPSA) is 89.7 Å². The second-order valence-electron chi connectivity index (χ2n) is 7.36. The van der Waals surface area contributed by atoms with Gasteiger partial charge in [-0.2, -0.15) is 10.2 Å². The van der Waals surface area contributed by atoms with Gasteiger partial charge in [0.1, 0.15) is 0 Å². The molecule has 0 saturated carbocycles. The second-order valence-corrected chi connectivity index (χ2v) is 8.31. The largest absolute Gasteiger partial charge is 0.355 e. The molecule has 3 aromatic rings. The third-order valence-electron chi connectivity index (χ3n) is 5.42. The molecular formula is C20H26N6OS. The molecule has 3 N–H and O–H groups in total. The molecule has 1 fully saturated rings. The minimum absolute atomic E-state index is 0.123. The molecule has 7 nitrogen and oxygen atoms in total. The number of thiophene rings is 1. The zero-order valence-corrected chi connectivity index (χ0v) is 17.1. The Morgan fingerprint density at radius 2 is 2.11 bits per heavy atom. The Labute approximate surface area is 168 Å². The third-order valence-corrected chi connectivity index (χ3v) is 6.32. The Bertz CT molecular complexity index is 901. The number of carbonyl (C=O) groups is 1. The molecule has 0 aromatic carbocycles. The number of hydrogen-bond acceptors (Lipinski definition) is 5. The fraction of sp³-hybridized carbons (Fsp3) is 0.450. The summed E-state index contributed by atoms with van der Waals surface area (Å²) < 4.78 is 0. The van der Waals surface area contributed by atoms with Crippen molar-refractivity contribution in [1.29, 1.82) is 0 Å². The molecule has 0 unspecified atom stereocenters. The maximum atomic E-state index is 12.3. The summed E-state index contributed by atoms with van der Waals surface area (Å²) in [5.74, 6) is 1.11. The van der Waals surface area contributed by atoms with Crippen molar-refractivity contribution in [2.24, 2.45) is 0 Å². The van der Waals surface area contributed by atoms with Gasteiger partial charge in [0.15, 0.2) is 5.82 Å². The first kappa shape index (κ1) is 18.7. The van der Waals surface area contributed by atoms with Crippen LogP contribution in [0.25, 0.3) is 10.6 Å². The molecule has 8 heteroatoms. The van der Waals surface area contributed by atoms with Crippen molar-refractivity contribution in [3.05, 3.63) is 40.5 Å². The van der Waals surface area contributed by atoms with Crippen LogP contribution in [0.5, 0.6) is 0 Å². The van der Waals surface area contributed by atoms with Gasteiger partial charge in [0.2, 0.25) is 5.91 Å². The van der Waals surface area contributed by atoms with Crippen molar-refractivity contribution in [2.75, 3.05) is 18.0 Å². The predicted octanol–water partition coefficient (Wildman–Crippen LogP) is 3.20. The van der Waals surface area contributed by atoms with Crippen LogP contribution in [0.1, 0.15) is 36.2 Å². The van der Waals surface area contributed by atoms with E-state index in [0.717, 1.165) is 60.8 Å². The molecule has 0 aliphatic carbocycles. The van der Waals surface area contributed by atoms with E-state index in [4.69, 9.17) is 0 Å². The predicted molar refractivity (Wildman–Crippen MR) is 112 cm³/mol. The number of piperidine rings is 1. The van der Waals surface area contributed by atoms with Gasteiger partial charge in [-0.25, -0.2) is 0 Å². The maximum absolute atomic E-state index is 12.3. The molecule has 4 heterocycles. The van der Waals surface area contributed by atoms with Gasteiger partial charge in [0.25, 0.3) is 0 Å². The highest BCUT2D eigenvalue weighted by atomic mass is 32.1. The third kappa shape index (κ3) is 4.11. The Balaban J connectivity index is 1.24. The molecule has 1 aliphatic rings. The van der Waals surface area contributed by atoms with Crippen molar-refractivity contribution >= 4 is 23.1 Å². The van der Waals surface area contributed by atoms with Gasteiger partial charge in [-0.15, -0.1) is 11.3 Å². The number of H-pyrrole nitrogens is 2. The molecule has 1 amide bonds. The van der Waals surface area contributed by atoms with E-state index in [0.29, 0.717) is 6.42 Å². The highest BCUT2D eigenvalue weighted by molar-refractivity contribution is 7.13. The van der Waals surface area contributed by atoms with Gasteiger partial charge in [-0.1, -0.05) is 6.07 Å². The number of anilines is 1. The van der Waals surface area contributed by atoms with Crippen LogP contribution in [0.15, 0.2) is 23.6 Å². The maximum Gasteiger partial charge on any atom is 0.220 e. The number of rotatable bonds is 6. The average Bonchev–Trinajstić information content (AvgIpc) is 3.43. The van der Waals surface area contributed by atoms with Crippen molar-refractivity contribution in [3.63, 3.8) is 0 Å². The molecule has 28 heavy (non-hydrogen) atoms. The van der Waals surface area contributed by atoms with Crippen LogP contribution < -0.4 is 10.2 Å². The van der Waals surface area contributed by atoms with Crippen molar-refractivity contribution in [2.45, 2.75) is 45.6 Å². The molecule has 4 rings (SSSR count). The summed E-state index contributed by atoms with van der Waals surface area (Å²) in [5, 5.41) is 20.0. The lowest BCUT2D eigenvalue weighted by Crippen LogP contribution is -2.44. The Hall–Kier alpha value is -2.61. The summed E-state index contributed by atoms with van der Waals surface area (Å²) in [4.78, 5) is 15.8. The first-order valence-corrected chi connectivity index (χ1v) is 10.6.